The third-order valence-electron chi connectivity index (χ3n) is 5.57. The number of hydrogen-bond acceptors (Lipinski definition) is 7. The van der Waals surface area contributed by atoms with Crippen LogP contribution in [0.4, 0.5) is 11.4 Å². The molecule has 9 heteroatoms. The summed E-state index contributed by atoms with van der Waals surface area (Å²) in [6.45, 7) is 5.76. The molecule has 0 bridgehead atoms. The van der Waals surface area contributed by atoms with Gasteiger partial charge in [-0.15, -0.1) is 0 Å². The number of rotatable bonds is 5. The molecule has 1 aromatic carbocycles. The molecule has 1 aromatic rings. The lowest BCUT2D eigenvalue weighted by molar-refractivity contribution is -0.384. The molecule has 158 valence electrons. The first-order chi connectivity index (χ1) is 13.9. The molecule has 0 aromatic heterocycles. The van der Waals surface area contributed by atoms with Crippen molar-refractivity contribution in [3.05, 3.63) is 33.9 Å². The highest BCUT2D eigenvalue weighted by Gasteiger charge is 2.30. The Morgan fingerprint density at radius 3 is 2.48 bits per heavy atom. The second-order valence-electron chi connectivity index (χ2n) is 7.56. The number of nitro benzene ring substituents is 1. The highest BCUT2D eigenvalue weighted by atomic mass is 16.6. The van der Waals surface area contributed by atoms with Gasteiger partial charge in [-0.2, -0.15) is 0 Å². The molecule has 2 aliphatic rings. The lowest BCUT2D eigenvalue weighted by Gasteiger charge is -2.38. The van der Waals surface area contributed by atoms with Crippen LogP contribution >= 0.6 is 0 Å². The Balaban J connectivity index is 1.75. The fourth-order valence-electron chi connectivity index (χ4n) is 4.07. The number of benzene rings is 1. The molecule has 0 radical (unpaired) electrons. The average molecular weight is 405 g/mol. The van der Waals surface area contributed by atoms with Gasteiger partial charge in [0.25, 0.3) is 11.6 Å². The van der Waals surface area contributed by atoms with E-state index >= 15 is 0 Å². The first-order valence-corrected chi connectivity index (χ1v) is 9.98. The van der Waals surface area contributed by atoms with Crippen LogP contribution in [0.1, 0.15) is 43.5 Å². The maximum absolute atomic E-state index is 12.8. The molecule has 9 nitrogen and oxygen atoms in total. The van der Waals surface area contributed by atoms with Gasteiger partial charge < -0.3 is 19.3 Å². The van der Waals surface area contributed by atoms with Gasteiger partial charge in [0.15, 0.2) is 6.61 Å². The monoisotopic (exact) mass is 405 g/mol. The molecule has 2 fully saturated rings. The van der Waals surface area contributed by atoms with Crippen LogP contribution in [0.15, 0.2) is 18.2 Å². The highest BCUT2D eigenvalue weighted by Crippen LogP contribution is 2.27. The Hall–Kier alpha value is -2.68. The quantitative estimate of drug-likeness (QED) is 0.421. The van der Waals surface area contributed by atoms with Gasteiger partial charge in [-0.05, 0) is 39.2 Å². The molecule has 2 aliphatic heterocycles. The molecule has 0 saturated carbocycles. The molecule has 29 heavy (non-hydrogen) atoms. The van der Waals surface area contributed by atoms with Crippen molar-refractivity contribution in [2.24, 2.45) is 0 Å². The fraction of sp³-hybridized carbons (Fsp3) is 0.600. The van der Waals surface area contributed by atoms with Gasteiger partial charge in [-0.1, -0.05) is 0 Å². The number of morpholine rings is 1. The summed E-state index contributed by atoms with van der Waals surface area (Å²) in [5, 5.41) is 11.2. The third kappa shape index (κ3) is 4.84. The second-order valence-corrected chi connectivity index (χ2v) is 7.56. The van der Waals surface area contributed by atoms with E-state index in [0.717, 1.165) is 19.3 Å². The van der Waals surface area contributed by atoms with Gasteiger partial charge in [-0.3, -0.25) is 14.9 Å². The summed E-state index contributed by atoms with van der Waals surface area (Å²) < 4.78 is 10.6. The predicted octanol–water partition coefficient (Wildman–Crippen LogP) is 2.38. The first-order valence-electron chi connectivity index (χ1n) is 9.98. The normalized spacial score (nSPS) is 22.3. The van der Waals surface area contributed by atoms with E-state index in [4.69, 9.17) is 9.47 Å². The Kier molecular flexibility index (Phi) is 6.68. The molecule has 1 amide bonds. The highest BCUT2D eigenvalue weighted by molar-refractivity contribution is 5.97. The Morgan fingerprint density at radius 1 is 1.21 bits per heavy atom. The molecule has 2 heterocycles. The van der Waals surface area contributed by atoms with E-state index in [1.165, 1.54) is 12.1 Å². The van der Waals surface area contributed by atoms with Gasteiger partial charge in [0.2, 0.25) is 0 Å². The number of anilines is 1. The number of amides is 1. The number of hydrogen-bond donors (Lipinski definition) is 0. The summed E-state index contributed by atoms with van der Waals surface area (Å²) in [4.78, 5) is 39.7. The van der Waals surface area contributed by atoms with Crippen LogP contribution in [0.2, 0.25) is 0 Å². The van der Waals surface area contributed by atoms with E-state index in [9.17, 15) is 19.7 Å². The number of ether oxygens (including phenoxy) is 2. The zero-order valence-electron chi connectivity index (χ0n) is 16.8. The summed E-state index contributed by atoms with van der Waals surface area (Å²) in [5.74, 6) is -0.975. The van der Waals surface area contributed by atoms with Crippen LogP contribution in [-0.4, -0.2) is 66.7 Å². The second kappa shape index (κ2) is 9.21. The largest absolute Gasteiger partial charge is 0.452 e. The molecule has 0 N–H and O–H groups in total. The molecular formula is C20H27N3O6. The fourth-order valence-corrected chi connectivity index (χ4v) is 4.07. The number of non-ortho nitro benzene ring substituents is 1. The lowest BCUT2D eigenvalue weighted by atomic mass is 9.97. The molecular weight excluding hydrogens is 378 g/mol. The summed E-state index contributed by atoms with van der Waals surface area (Å²) in [7, 11) is 0. The number of esters is 1. The van der Waals surface area contributed by atoms with Gasteiger partial charge in [0.05, 0.1) is 29.4 Å². The average Bonchev–Trinajstić information content (AvgIpc) is 2.72. The van der Waals surface area contributed by atoms with Crippen molar-refractivity contribution >= 4 is 23.3 Å². The van der Waals surface area contributed by atoms with Crippen molar-refractivity contribution in [1.29, 1.82) is 0 Å². The molecule has 3 rings (SSSR count). The summed E-state index contributed by atoms with van der Waals surface area (Å²) in [6, 6.07) is 4.34. The number of carbonyl (C=O) groups excluding carboxylic acids is 2. The van der Waals surface area contributed by atoms with Crippen molar-refractivity contribution in [2.45, 2.75) is 45.2 Å². The van der Waals surface area contributed by atoms with Gasteiger partial charge in [-0.25, -0.2) is 4.79 Å². The molecule has 0 unspecified atom stereocenters. The van der Waals surface area contributed by atoms with Crippen LogP contribution < -0.4 is 4.90 Å². The lowest BCUT2D eigenvalue weighted by Crippen LogP contribution is -2.49. The summed E-state index contributed by atoms with van der Waals surface area (Å²) in [6.07, 6.45) is 2.93. The predicted molar refractivity (Wildman–Crippen MR) is 106 cm³/mol. The van der Waals surface area contributed by atoms with Crippen LogP contribution in [0, 0.1) is 10.1 Å². The van der Waals surface area contributed by atoms with Crippen molar-refractivity contribution in [2.75, 3.05) is 37.8 Å². The van der Waals surface area contributed by atoms with Crippen LogP contribution in [-0.2, 0) is 14.3 Å². The zero-order valence-corrected chi connectivity index (χ0v) is 16.8. The van der Waals surface area contributed by atoms with E-state index in [0.29, 0.717) is 32.0 Å². The SMILES string of the molecule is C[C@@H]1CCC[C@H](C)N1C(=O)COC(=O)c1cc([N+](=O)[O-])ccc1N1CCOCC1. The minimum atomic E-state index is -0.735. The molecule has 0 aliphatic carbocycles. The van der Waals surface area contributed by atoms with E-state index in [1.807, 2.05) is 18.7 Å². The van der Waals surface area contributed by atoms with Gasteiger partial charge in [0.1, 0.15) is 0 Å². The van der Waals surface area contributed by atoms with Crippen LogP contribution in [0.3, 0.4) is 0 Å². The van der Waals surface area contributed by atoms with E-state index < -0.39 is 10.9 Å². The van der Waals surface area contributed by atoms with Crippen LogP contribution in [0.25, 0.3) is 0 Å². The number of nitrogens with zero attached hydrogens (tertiary/aromatic N) is 3. The smallest absolute Gasteiger partial charge is 0.341 e. The molecule has 0 spiro atoms. The van der Waals surface area contributed by atoms with Gasteiger partial charge >= 0.3 is 5.97 Å². The standard InChI is InChI=1S/C20H27N3O6/c1-14-4-3-5-15(2)22(14)19(24)13-29-20(25)17-12-16(23(26)27)6-7-18(17)21-8-10-28-11-9-21/h6-7,12,14-15H,3-5,8-11,13H2,1-2H3/t14-,15+. The van der Waals surface area contributed by atoms with Gasteiger partial charge in [0, 0.05) is 37.3 Å². The molecule has 2 saturated heterocycles. The van der Waals surface area contributed by atoms with Crippen molar-refractivity contribution in [3.8, 4) is 0 Å². The third-order valence-corrected chi connectivity index (χ3v) is 5.57. The number of carbonyl (C=O) groups is 2. The zero-order chi connectivity index (χ0) is 21.0. The maximum Gasteiger partial charge on any atom is 0.341 e. The Morgan fingerprint density at radius 2 is 1.86 bits per heavy atom. The van der Waals surface area contributed by atoms with Crippen molar-refractivity contribution in [1.82, 2.24) is 4.90 Å². The molecule has 2 atom stereocenters. The topological polar surface area (TPSA) is 102 Å². The van der Waals surface area contributed by atoms with Crippen LogP contribution in [0.5, 0.6) is 0 Å². The summed E-state index contributed by atoms with van der Waals surface area (Å²) >= 11 is 0. The minimum absolute atomic E-state index is 0.0913. The van der Waals surface area contributed by atoms with E-state index in [2.05, 4.69) is 0 Å². The number of nitro groups is 1. The maximum atomic E-state index is 12.8. The van der Waals surface area contributed by atoms with Crippen molar-refractivity contribution in [3.63, 3.8) is 0 Å². The number of likely N-dealkylation sites (tertiary alicyclic amines) is 1. The minimum Gasteiger partial charge on any atom is -0.452 e. The van der Waals surface area contributed by atoms with E-state index in [-0.39, 0.29) is 35.8 Å². The number of piperidine rings is 1. The van der Waals surface area contributed by atoms with Crippen molar-refractivity contribution < 1.29 is 24.0 Å². The summed E-state index contributed by atoms with van der Waals surface area (Å²) in [5.41, 5.74) is 0.447. The van der Waals surface area contributed by atoms with E-state index in [1.54, 1.807) is 11.0 Å². The Labute approximate surface area is 169 Å². The first kappa shape index (κ1) is 21.0. The Bertz CT molecular complexity index is 767.